The van der Waals surface area contributed by atoms with Crippen LogP contribution in [0.15, 0.2) is 0 Å². The van der Waals surface area contributed by atoms with Gasteiger partial charge in [0, 0.05) is 12.1 Å². The molecule has 1 rings (SSSR count). The van der Waals surface area contributed by atoms with E-state index in [4.69, 9.17) is 0 Å². The van der Waals surface area contributed by atoms with Gasteiger partial charge in [0.15, 0.2) is 0 Å². The summed E-state index contributed by atoms with van der Waals surface area (Å²) in [5, 5.41) is 0. The second-order valence-corrected chi connectivity index (χ2v) is 6.47. The Balaban J connectivity index is 2.55. The summed E-state index contributed by atoms with van der Waals surface area (Å²) in [6.07, 6.45) is 1.38. The first-order chi connectivity index (χ1) is 5.71. The fraction of sp³-hybridized carbons (Fsp3) is 1.00. The van der Waals surface area contributed by atoms with Gasteiger partial charge in [0.25, 0.3) is 0 Å². The number of hydrogen-bond acceptors (Lipinski definition) is 1. The van der Waals surface area contributed by atoms with Crippen molar-refractivity contribution in [2.45, 2.75) is 53.5 Å². The van der Waals surface area contributed by atoms with E-state index < -0.39 is 0 Å². The predicted octanol–water partition coefficient (Wildman–Crippen LogP) is 3.15. The molecule has 1 aliphatic heterocycles. The Bertz CT molecular complexity index is 151. The quantitative estimate of drug-likeness (QED) is 0.557. The zero-order chi connectivity index (χ0) is 10.3. The van der Waals surface area contributed by atoms with Gasteiger partial charge in [-0.1, -0.05) is 20.8 Å². The largest absolute Gasteiger partial charge is 0.298 e. The summed E-state index contributed by atoms with van der Waals surface area (Å²) in [4.78, 5) is 2.61. The van der Waals surface area contributed by atoms with E-state index in [1.54, 1.807) is 0 Å². The zero-order valence-corrected chi connectivity index (χ0v) is 10.1. The average Bonchev–Trinajstić information content (AvgIpc) is 2.28. The van der Waals surface area contributed by atoms with Crippen molar-refractivity contribution < 1.29 is 0 Å². The smallest absolute Gasteiger partial charge is 0.0125 e. The standard InChI is InChI=1S/C12H25N/c1-11(2,3)10-7-8-13(9-10)12(4,5)6/h10H,7-9H2,1-6H3/t10-/m0/s1. The molecule has 1 saturated heterocycles. The molecule has 1 nitrogen and oxygen atoms in total. The maximum atomic E-state index is 2.61. The van der Waals surface area contributed by atoms with Crippen molar-refractivity contribution in [1.29, 1.82) is 0 Å². The van der Waals surface area contributed by atoms with Crippen LogP contribution in [0.3, 0.4) is 0 Å². The van der Waals surface area contributed by atoms with E-state index in [0.717, 1.165) is 5.92 Å². The van der Waals surface area contributed by atoms with Gasteiger partial charge in [-0.3, -0.25) is 4.90 Å². The Morgan fingerprint density at radius 2 is 1.54 bits per heavy atom. The molecule has 0 aromatic rings. The molecule has 0 aliphatic carbocycles. The Kier molecular flexibility index (Phi) is 2.78. The highest BCUT2D eigenvalue weighted by molar-refractivity contribution is 4.89. The maximum absolute atomic E-state index is 2.61. The normalized spacial score (nSPS) is 26.8. The third-order valence-electron chi connectivity index (χ3n) is 3.36. The number of hydrogen-bond donors (Lipinski definition) is 0. The number of nitrogens with zero attached hydrogens (tertiary/aromatic N) is 1. The third kappa shape index (κ3) is 2.70. The summed E-state index contributed by atoms with van der Waals surface area (Å²) in [5.74, 6) is 0.881. The minimum atomic E-state index is 0.361. The van der Waals surface area contributed by atoms with Crippen molar-refractivity contribution in [2.24, 2.45) is 11.3 Å². The van der Waals surface area contributed by atoms with Crippen molar-refractivity contribution in [3.63, 3.8) is 0 Å². The van der Waals surface area contributed by atoms with Crippen LogP contribution in [0, 0.1) is 11.3 Å². The lowest BCUT2D eigenvalue weighted by Crippen LogP contribution is -2.40. The van der Waals surface area contributed by atoms with Crippen LogP contribution in [0.25, 0.3) is 0 Å². The molecule has 0 N–H and O–H groups in total. The second-order valence-electron chi connectivity index (χ2n) is 6.47. The summed E-state index contributed by atoms with van der Waals surface area (Å²) in [6, 6.07) is 0. The van der Waals surface area contributed by atoms with Crippen LogP contribution in [0.2, 0.25) is 0 Å². The topological polar surface area (TPSA) is 3.24 Å². The van der Waals surface area contributed by atoms with Crippen LogP contribution in [0.4, 0.5) is 0 Å². The molecule has 0 unspecified atom stereocenters. The molecule has 0 saturated carbocycles. The molecular weight excluding hydrogens is 158 g/mol. The Labute approximate surface area is 83.5 Å². The summed E-state index contributed by atoms with van der Waals surface area (Å²) < 4.78 is 0. The van der Waals surface area contributed by atoms with Crippen LogP contribution >= 0.6 is 0 Å². The lowest BCUT2D eigenvalue weighted by Gasteiger charge is -2.33. The van der Waals surface area contributed by atoms with Gasteiger partial charge in [0.1, 0.15) is 0 Å². The van der Waals surface area contributed by atoms with Gasteiger partial charge in [0.2, 0.25) is 0 Å². The number of rotatable bonds is 0. The Morgan fingerprint density at radius 3 is 1.77 bits per heavy atom. The molecule has 0 bridgehead atoms. The minimum Gasteiger partial charge on any atom is -0.298 e. The first-order valence-corrected chi connectivity index (χ1v) is 5.46. The number of likely N-dealkylation sites (tertiary alicyclic amines) is 1. The predicted molar refractivity (Wildman–Crippen MR) is 58.9 cm³/mol. The van der Waals surface area contributed by atoms with Crippen LogP contribution in [0.5, 0.6) is 0 Å². The van der Waals surface area contributed by atoms with Crippen LogP contribution < -0.4 is 0 Å². The lowest BCUT2D eigenvalue weighted by atomic mass is 9.80. The van der Waals surface area contributed by atoms with Crippen molar-refractivity contribution in [2.75, 3.05) is 13.1 Å². The maximum Gasteiger partial charge on any atom is 0.0125 e. The first kappa shape index (κ1) is 11.0. The highest BCUT2D eigenvalue weighted by Crippen LogP contribution is 2.35. The third-order valence-corrected chi connectivity index (χ3v) is 3.36. The Morgan fingerprint density at radius 1 is 1.00 bits per heavy atom. The van der Waals surface area contributed by atoms with Gasteiger partial charge >= 0.3 is 0 Å². The van der Waals surface area contributed by atoms with Crippen LogP contribution in [-0.4, -0.2) is 23.5 Å². The summed E-state index contributed by atoms with van der Waals surface area (Å²) in [5.41, 5.74) is 0.847. The van der Waals surface area contributed by atoms with E-state index in [2.05, 4.69) is 46.4 Å². The lowest BCUT2D eigenvalue weighted by molar-refractivity contribution is 0.148. The van der Waals surface area contributed by atoms with Gasteiger partial charge in [-0.25, -0.2) is 0 Å². The Hall–Kier alpha value is -0.0400. The molecule has 0 amide bonds. The van der Waals surface area contributed by atoms with Crippen LogP contribution in [-0.2, 0) is 0 Å². The molecule has 13 heavy (non-hydrogen) atoms. The van der Waals surface area contributed by atoms with Gasteiger partial charge in [-0.15, -0.1) is 0 Å². The van der Waals surface area contributed by atoms with Crippen molar-refractivity contribution in [3.8, 4) is 0 Å². The monoisotopic (exact) mass is 183 g/mol. The van der Waals surface area contributed by atoms with Crippen molar-refractivity contribution in [3.05, 3.63) is 0 Å². The van der Waals surface area contributed by atoms with Gasteiger partial charge in [0.05, 0.1) is 0 Å². The second kappa shape index (κ2) is 3.27. The molecule has 1 heterocycles. The zero-order valence-electron chi connectivity index (χ0n) is 10.1. The van der Waals surface area contributed by atoms with Gasteiger partial charge < -0.3 is 0 Å². The molecule has 0 radical (unpaired) electrons. The molecule has 1 aliphatic rings. The average molecular weight is 183 g/mol. The van der Waals surface area contributed by atoms with Gasteiger partial charge in [-0.05, 0) is 45.1 Å². The molecule has 1 atom stereocenters. The highest BCUT2D eigenvalue weighted by atomic mass is 15.2. The molecular formula is C12H25N. The summed E-state index contributed by atoms with van der Waals surface area (Å²) >= 11 is 0. The molecule has 1 heteroatoms. The van der Waals surface area contributed by atoms with E-state index in [1.807, 2.05) is 0 Å². The molecule has 0 aromatic heterocycles. The van der Waals surface area contributed by atoms with E-state index >= 15 is 0 Å². The molecule has 78 valence electrons. The van der Waals surface area contributed by atoms with E-state index in [1.165, 1.54) is 19.5 Å². The molecule has 0 spiro atoms. The van der Waals surface area contributed by atoms with Crippen molar-refractivity contribution in [1.82, 2.24) is 4.90 Å². The summed E-state index contributed by atoms with van der Waals surface area (Å²) in [7, 11) is 0. The van der Waals surface area contributed by atoms with E-state index in [0.29, 0.717) is 11.0 Å². The van der Waals surface area contributed by atoms with Crippen LogP contribution in [0.1, 0.15) is 48.0 Å². The highest BCUT2D eigenvalue weighted by Gasteiger charge is 2.35. The fourth-order valence-electron chi connectivity index (χ4n) is 2.08. The fourth-order valence-corrected chi connectivity index (χ4v) is 2.08. The summed E-state index contributed by atoms with van der Waals surface area (Å²) in [6.45, 7) is 16.6. The molecule has 1 fully saturated rings. The van der Waals surface area contributed by atoms with Gasteiger partial charge in [-0.2, -0.15) is 0 Å². The minimum absolute atomic E-state index is 0.361. The molecule has 0 aromatic carbocycles. The van der Waals surface area contributed by atoms with Crippen molar-refractivity contribution >= 4 is 0 Å². The van der Waals surface area contributed by atoms with E-state index in [-0.39, 0.29) is 0 Å². The first-order valence-electron chi connectivity index (χ1n) is 5.46. The SMILES string of the molecule is CC(C)(C)[C@H]1CCN(C(C)(C)C)C1. The van der Waals surface area contributed by atoms with E-state index in [9.17, 15) is 0 Å².